The first-order valence-corrected chi connectivity index (χ1v) is 7.47. The molecule has 0 saturated carbocycles. The van der Waals surface area contributed by atoms with Crippen molar-refractivity contribution in [2.24, 2.45) is 0 Å². The number of nitrogens with one attached hydrogen (secondary N) is 2. The molecule has 0 spiro atoms. The lowest BCUT2D eigenvalue weighted by Gasteiger charge is -2.13. The van der Waals surface area contributed by atoms with Gasteiger partial charge in [-0.15, -0.1) is 11.3 Å². The van der Waals surface area contributed by atoms with Gasteiger partial charge in [-0.3, -0.25) is 9.59 Å². The molecule has 0 aromatic carbocycles. The third-order valence-corrected chi connectivity index (χ3v) is 4.01. The van der Waals surface area contributed by atoms with Crippen LogP contribution < -0.4 is 10.6 Å². The minimum atomic E-state index is -0.605. The van der Waals surface area contributed by atoms with E-state index < -0.39 is 6.04 Å². The number of amides is 2. The highest BCUT2D eigenvalue weighted by molar-refractivity contribution is 7.12. The number of hydrogen-bond acceptors (Lipinski definition) is 4. The van der Waals surface area contributed by atoms with Crippen molar-refractivity contribution >= 4 is 23.2 Å². The van der Waals surface area contributed by atoms with Crippen molar-refractivity contribution in [2.45, 2.75) is 33.4 Å². The zero-order chi connectivity index (χ0) is 15.4. The summed E-state index contributed by atoms with van der Waals surface area (Å²) >= 11 is 1.57. The molecule has 6 heteroatoms. The summed E-state index contributed by atoms with van der Waals surface area (Å²) in [6.45, 7) is 5.81. The summed E-state index contributed by atoms with van der Waals surface area (Å²) in [4.78, 5) is 26.1. The lowest BCUT2D eigenvalue weighted by Crippen LogP contribution is -2.44. The lowest BCUT2D eigenvalue weighted by atomic mass is 10.2. The maximum Gasteiger partial charge on any atom is 0.253 e. The summed E-state index contributed by atoms with van der Waals surface area (Å²) in [7, 11) is 0. The maximum absolute atomic E-state index is 12.1. The van der Waals surface area contributed by atoms with Gasteiger partial charge in [-0.2, -0.15) is 0 Å². The van der Waals surface area contributed by atoms with E-state index in [2.05, 4.69) is 10.6 Å². The fraction of sp³-hybridized carbons (Fsp3) is 0.333. The molecule has 21 heavy (non-hydrogen) atoms. The van der Waals surface area contributed by atoms with Crippen LogP contribution in [-0.4, -0.2) is 17.9 Å². The second-order valence-electron chi connectivity index (χ2n) is 4.82. The molecule has 0 bridgehead atoms. The zero-order valence-corrected chi connectivity index (χ0v) is 13.0. The van der Waals surface area contributed by atoms with Crippen LogP contribution in [0.15, 0.2) is 28.9 Å². The molecular weight excluding hydrogens is 288 g/mol. The zero-order valence-electron chi connectivity index (χ0n) is 12.2. The summed E-state index contributed by atoms with van der Waals surface area (Å²) in [5.41, 5.74) is 0.628. The first-order valence-electron chi connectivity index (χ1n) is 6.65. The van der Waals surface area contributed by atoms with E-state index >= 15 is 0 Å². The van der Waals surface area contributed by atoms with Crippen LogP contribution in [0, 0.1) is 13.8 Å². The van der Waals surface area contributed by atoms with E-state index in [0.717, 1.165) is 9.75 Å². The van der Waals surface area contributed by atoms with Gasteiger partial charge in [0, 0.05) is 9.75 Å². The number of carbonyl (C=O) groups is 2. The van der Waals surface area contributed by atoms with Crippen molar-refractivity contribution in [3.63, 3.8) is 0 Å². The second kappa shape index (κ2) is 6.58. The molecule has 0 radical (unpaired) electrons. The number of aryl methyl sites for hydroxylation is 2. The van der Waals surface area contributed by atoms with Gasteiger partial charge in [0.2, 0.25) is 5.91 Å². The molecule has 1 atom stereocenters. The monoisotopic (exact) mass is 306 g/mol. The largest absolute Gasteiger partial charge is 0.467 e. The number of furan rings is 1. The molecule has 5 nitrogen and oxygen atoms in total. The summed E-state index contributed by atoms with van der Waals surface area (Å²) in [5.74, 6) is 0.202. The van der Waals surface area contributed by atoms with E-state index in [9.17, 15) is 9.59 Å². The summed E-state index contributed by atoms with van der Waals surface area (Å²) < 4.78 is 5.13. The molecule has 2 aromatic rings. The van der Waals surface area contributed by atoms with Gasteiger partial charge < -0.3 is 15.1 Å². The van der Waals surface area contributed by atoms with E-state index in [1.165, 1.54) is 0 Å². The van der Waals surface area contributed by atoms with Crippen LogP contribution >= 0.6 is 11.3 Å². The summed E-state index contributed by atoms with van der Waals surface area (Å²) in [6.07, 6.45) is 1.55. The van der Waals surface area contributed by atoms with Gasteiger partial charge in [0.1, 0.15) is 11.8 Å². The van der Waals surface area contributed by atoms with Gasteiger partial charge in [-0.05, 0) is 39.0 Å². The Hall–Kier alpha value is -2.08. The molecule has 0 aliphatic rings. The third kappa shape index (κ3) is 3.95. The minimum absolute atomic E-state index is 0.225. The maximum atomic E-state index is 12.1. The fourth-order valence-corrected chi connectivity index (χ4v) is 2.86. The number of rotatable bonds is 5. The first-order chi connectivity index (χ1) is 9.97. The van der Waals surface area contributed by atoms with Crippen LogP contribution in [0.25, 0.3) is 0 Å². The van der Waals surface area contributed by atoms with Gasteiger partial charge in [-0.1, -0.05) is 0 Å². The smallest absolute Gasteiger partial charge is 0.253 e. The minimum Gasteiger partial charge on any atom is -0.467 e. The van der Waals surface area contributed by atoms with Gasteiger partial charge in [-0.25, -0.2) is 0 Å². The summed E-state index contributed by atoms with van der Waals surface area (Å²) in [6, 6.07) is 4.77. The van der Waals surface area contributed by atoms with Crippen molar-refractivity contribution in [1.29, 1.82) is 0 Å². The SMILES string of the molecule is Cc1cc(C(=O)NC(C)C(=O)NCc2ccco2)c(C)s1. The van der Waals surface area contributed by atoms with E-state index in [1.807, 2.05) is 19.9 Å². The predicted octanol–water partition coefficient (Wildman–Crippen LogP) is 2.39. The highest BCUT2D eigenvalue weighted by atomic mass is 32.1. The average Bonchev–Trinajstić information content (AvgIpc) is 3.05. The molecule has 0 aliphatic carbocycles. The molecule has 2 aromatic heterocycles. The molecule has 112 valence electrons. The molecule has 0 fully saturated rings. The predicted molar refractivity (Wildman–Crippen MR) is 81.3 cm³/mol. The normalized spacial score (nSPS) is 12.0. The molecule has 0 saturated heterocycles. The molecule has 2 amide bonds. The molecule has 1 unspecified atom stereocenters. The van der Waals surface area contributed by atoms with E-state index in [-0.39, 0.29) is 11.8 Å². The Balaban J connectivity index is 1.88. The highest BCUT2D eigenvalue weighted by Crippen LogP contribution is 2.20. The molecule has 2 N–H and O–H groups in total. The van der Waals surface area contributed by atoms with E-state index in [0.29, 0.717) is 17.9 Å². The Labute approximate surface area is 127 Å². The second-order valence-corrected chi connectivity index (χ2v) is 6.28. The van der Waals surface area contributed by atoms with E-state index in [4.69, 9.17) is 4.42 Å². The standard InChI is InChI=1S/C15H18N2O3S/c1-9-7-13(11(3)21-9)15(19)17-10(2)14(18)16-8-12-5-4-6-20-12/h4-7,10H,8H2,1-3H3,(H,16,18)(H,17,19). The van der Waals surface area contributed by atoms with Crippen molar-refractivity contribution in [1.82, 2.24) is 10.6 Å². The Morgan fingerprint density at radius 2 is 2.14 bits per heavy atom. The van der Waals surface area contributed by atoms with Crippen LogP contribution in [0.5, 0.6) is 0 Å². The Kier molecular flexibility index (Phi) is 4.80. The number of thiophene rings is 1. The van der Waals surface area contributed by atoms with Crippen LogP contribution in [-0.2, 0) is 11.3 Å². The van der Waals surface area contributed by atoms with Crippen LogP contribution in [0.4, 0.5) is 0 Å². The van der Waals surface area contributed by atoms with Gasteiger partial charge in [0.15, 0.2) is 0 Å². The van der Waals surface area contributed by atoms with Crippen molar-refractivity contribution in [3.05, 3.63) is 45.5 Å². The van der Waals surface area contributed by atoms with Crippen LogP contribution in [0.3, 0.4) is 0 Å². The van der Waals surface area contributed by atoms with E-state index in [1.54, 1.807) is 36.7 Å². The molecule has 0 aliphatic heterocycles. The lowest BCUT2D eigenvalue weighted by molar-refractivity contribution is -0.122. The van der Waals surface area contributed by atoms with Crippen molar-refractivity contribution in [2.75, 3.05) is 0 Å². The van der Waals surface area contributed by atoms with Crippen LogP contribution in [0.1, 0.15) is 32.8 Å². The Morgan fingerprint density at radius 1 is 1.38 bits per heavy atom. The van der Waals surface area contributed by atoms with Gasteiger partial charge in [0.05, 0.1) is 18.4 Å². The highest BCUT2D eigenvalue weighted by Gasteiger charge is 2.18. The van der Waals surface area contributed by atoms with Gasteiger partial charge >= 0.3 is 0 Å². The average molecular weight is 306 g/mol. The molecule has 2 heterocycles. The number of carbonyl (C=O) groups excluding carboxylic acids is 2. The van der Waals surface area contributed by atoms with Crippen molar-refractivity contribution in [3.8, 4) is 0 Å². The summed E-state index contributed by atoms with van der Waals surface area (Å²) in [5, 5.41) is 5.42. The van der Waals surface area contributed by atoms with Gasteiger partial charge in [0.25, 0.3) is 5.91 Å². The third-order valence-electron chi connectivity index (χ3n) is 3.04. The topological polar surface area (TPSA) is 71.3 Å². The molecular formula is C15H18N2O3S. The Bertz CT molecular complexity index is 631. The van der Waals surface area contributed by atoms with Crippen LogP contribution in [0.2, 0.25) is 0 Å². The Morgan fingerprint density at radius 3 is 2.71 bits per heavy atom. The van der Waals surface area contributed by atoms with Crippen molar-refractivity contribution < 1.29 is 14.0 Å². The number of hydrogen-bond donors (Lipinski definition) is 2. The molecule has 2 rings (SSSR count). The quantitative estimate of drug-likeness (QED) is 0.891. The fourth-order valence-electron chi connectivity index (χ4n) is 1.94. The first kappa shape index (κ1) is 15.3.